The van der Waals surface area contributed by atoms with Gasteiger partial charge in [0.15, 0.2) is 0 Å². The molecule has 3 N–H and O–H groups in total. The first kappa shape index (κ1) is 14.9. The van der Waals surface area contributed by atoms with Crippen LogP contribution in [0.15, 0.2) is 40.9 Å². The summed E-state index contributed by atoms with van der Waals surface area (Å²) in [6.45, 7) is 0. The Labute approximate surface area is 104 Å². The third-order valence-corrected chi connectivity index (χ3v) is 1.53. The van der Waals surface area contributed by atoms with E-state index in [1.807, 2.05) is 6.07 Å². The molecule has 0 unspecified atom stereocenters. The van der Waals surface area contributed by atoms with Crippen molar-refractivity contribution in [3.05, 3.63) is 40.9 Å². The van der Waals surface area contributed by atoms with Gasteiger partial charge in [-0.05, 0) is 12.1 Å². The molecule has 0 amide bonds. The fraction of sp³-hybridized carbons (Fsp3) is 0. The Hall–Kier alpha value is -1.10. The third kappa shape index (κ3) is 9.46. The van der Waals surface area contributed by atoms with Crippen molar-refractivity contribution in [3.8, 4) is 5.75 Å². The van der Waals surface area contributed by atoms with E-state index in [1.54, 1.807) is 44.1 Å². The van der Waals surface area contributed by atoms with Crippen molar-refractivity contribution >= 4 is 13.3 Å². The summed E-state index contributed by atoms with van der Waals surface area (Å²) in [5.41, 5.74) is 0. The molecule has 0 bridgehead atoms. The van der Waals surface area contributed by atoms with Crippen LogP contribution in [0, 0.1) is 0 Å². The topological polar surface area (TPSA) is 87.0 Å². The maximum absolute atomic E-state index is 9.51. The first-order chi connectivity index (χ1) is 7.56. The molecule has 0 spiro atoms. The van der Waals surface area contributed by atoms with Gasteiger partial charge in [0, 0.05) is 0 Å². The number of benzene rings is 1. The minimum atomic E-state index is -1.73. The third-order valence-electron chi connectivity index (χ3n) is 1.20. The van der Waals surface area contributed by atoms with Crippen molar-refractivity contribution in [2.75, 3.05) is 0 Å². The fourth-order valence-corrected chi connectivity index (χ4v) is 0.965. The molecular weight excluding hydrogens is 295 g/mol. The van der Waals surface area contributed by atoms with E-state index in [1.165, 1.54) is 4.47 Å². The average Bonchev–Trinajstić information content (AvgIpc) is 2.18. The van der Waals surface area contributed by atoms with Crippen LogP contribution in [-0.4, -0.2) is 28.4 Å². The molecule has 0 atom stereocenters. The standard InChI is InChI=1S/C6H7BO3.C3H3O2.Mo/c8-7(9)10-6-4-2-1-3-5-6;1-2-3(4)5;/h1-5,8-9H;1-2H,(H,4,5);. The summed E-state index contributed by atoms with van der Waals surface area (Å²) in [6, 6.07) is 8.59. The Morgan fingerprint density at radius 1 is 1.31 bits per heavy atom. The largest absolute Gasteiger partial charge is 0.707 e. The molecule has 0 aromatic heterocycles. The minimum Gasteiger partial charge on any atom is -0.512 e. The molecule has 1 aromatic carbocycles. The second-order valence-electron chi connectivity index (χ2n) is 2.40. The molecule has 0 radical (unpaired) electrons. The van der Waals surface area contributed by atoms with E-state index in [0.29, 0.717) is 5.75 Å². The van der Waals surface area contributed by atoms with Crippen molar-refractivity contribution in [1.29, 1.82) is 0 Å². The summed E-state index contributed by atoms with van der Waals surface area (Å²) in [6.07, 6.45) is 1.09. The summed E-state index contributed by atoms with van der Waals surface area (Å²) >= 11 is 1.60. The zero-order chi connectivity index (χ0) is 12.4. The molecule has 1 rings (SSSR count). The Balaban J connectivity index is 0.000000325. The first-order valence-electron chi connectivity index (χ1n) is 4.15. The van der Waals surface area contributed by atoms with Gasteiger partial charge in [0.1, 0.15) is 5.75 Å². The molecule has 0 aliphatic heterocycles. The van der Waals surface area contributed by atoms with Gasteiger partial charge in [0.05, 0.1) is 0 Å². The Kier molecular flexibility index (Phi) is 8.53. The van der Waals surface area contributed by atoms with E-state index in [4.69, 9.17) is 15.2 Å². The van der Waals surface area contributed by atoms with E-state index in [9.17, 15) is 4.79 Å². The second-order valence-corrected chi connectivity index (χ2v) is 3.07. The van der Waals surface area contributed by atoms with Crippen molar-refractivity contribution in [2.24, 2.45) is 0 Å². The number of hydrogen-bond acceptors (Lipinski definition) is 4. The predicted molar refractivity (Wildman–Crippen MR) is 54.0 cm³/mol. The fourth-order valence-electron chi connectivity index (χ4n) is 0.679. The van der Waals surface area contributed by atoms with Gasteiger partial charge in [-0.1, -0.05) is 18.2 Å². The van der Waals surface area contributed by atoms with Crippen molar-refractivity contribution < 1.29 is 44.4 Å². The number of hydrogen-bond donors (Lipinski definition) is 3. The SMILES string of the molecule is O=C(O)C=[CH][Mo].OB(O)Oc1ccccc1. The van der Waals surface area contributed by atoms with Crippen LogP contribution in [0.3, 0.4) is 0 Å². The van der Waals surface area contributed by atoms with Crippen molar-refractivity contribution in [1.82, 2.24) is 0 Å². The van der Waals surface area contributed by atoms with Crippen LogP contribution in [0.2, 0.25) is 0 Å². The average molecular weight is 305 g/mol. The van der Waals surface area contributed by atoms with Crippen LogP contribution in [0.1, 0.15) is 0 Å². The van der Waals surface area contributed by atoms with Crippen LogP contribution in [-0.2, 0) is 24.6 Å². The van der Waals surface area contributed by atoms with Crippen molar-refractivity contribution in [3.63, 3.8) is 0 Å². The van der Waals surface area contributed by atoms with Crippen LogP contribution in [0.5, 0.6) is 5.75 Å². The molecule has 0 fully saturated rings. The smallest absolute Gasteiger partial charge is 0.512 e. The number of aliphatic carboxylic acids is 1. The summed E-state index contributed by atoms with van der Waals surface area (Å²) in [7, 11) is -1.73. The normalized spacial score (nSPS) is 9.12. The summed E-state index contributed by atoms with van der Waals surface area (Å²) in [5.74, 6) is -0.447. The molecule has 1 aromatic rings. The maximum atomic E-state index is 9.51. The summed E-state index contributed by atoms with van der Waals surface area (Å²) in [5, 5.41) is 24.5. The number of carbonyl (C=O) groups is 1. The van der Waals surface area contributed by atoms with Crippen LogP contribution in [0.4, 0.5) is 0 Å². The Bertz CT molecular complexity index is 328. The number of carboxylic acid groups (broad SMARTS) is 1. The summed E-state index contributed by atoms with van der Waals surface area (Å²) in [4.78, 5) is 9.51. The van der Waals surface area contributed by atoms with Crippen LogP contribution < -0.4 is 4.65 Å². The molecule has 5 nitrogen and oxygen atoms in total. The Morgan fingerprint density at radius 3 is 2.19 bits per heavy atom. The van der Waals surface area contributed by atoms with Gasteiger partial charge in [0.25, 0.3) is 0 Å². The van der Waals surface area contributed by atoms with E-state index in [2.05, 4.69) is 4.65 Å². The van der Waals surface area contributed by atoms with Gasteiger partial charge in [-0.15, -0.1) is 0 Å². The van der Waals surface area contributed by atoms with Gasteiger partial charge < -0.3 is 14.7 Å². The second kappa shape index (κ2) is 9.15. The van der Waals surface area contributed by atoms with E-state index in [-0.39, 0.29) is 0 Å². The molecule has 16 heavy (non-hydrogen) atoms. The van der Waals surface area contributed by atoms with Gasteiger partial charge in [-0.25, -0.2) is 0 Å². The zero-order valence-electron chi connectivity index (χ0n) is 8.19. The van der Waals surface area contributed by atoms with Crippen molar-refractivity contribution in [2.45, 2.75) is 0 Å². The van der Waals surface area contributed by atoms with Gasteiger partial charge in [0.2, 0.25) is 0 Å². The monoisotopic (exact) mass is 307 g/mol. The molecule has 0 saturated carbocycles. The zero-order valence-corrected chi connectivity index (χ0v) is 10.2. The van der Waals surface area contributed by atoms with E-state index in [0.717, 1.165) is 6.08 Å². The quantitative estimate of drug-likeness (QED) is 0.547. The molecule has 0 aliphatic carbocycles. The van der Waals surface area contributed by atoms with Gasteiger partial charge in [-0.3, -0.25) is 0 Å². The first-order valence-corrected chi connectivity index (χ1v) is 5.31. The van der Waals surface area contributed by atoms with E-state index >= 15 is 0 Å². The molecule has 0 aliphatic rings. The predicted octanol–water partition coefficient (Wildman–Crippen LogP) is 0.166. The molecule has 0 saturated heterocycles. The van der Waals surface area contributed by atoms with Gasteiger partial charge in [-0.2, -0.15) is 0 Å². The number of carboxylic acids is 1. The maximum Gasteiger partial charge on any atom is 0.707 e. The molecule has 7 heteroatoms. The number of rotatable bonds is 3. The molecule has 0 heterocycles. The summed E-state index contributed by atoms with van der Waals surface area (Å²) < 4.78 is 6.01. The van der Waals surface area contributed by atoms with Crippen LogP contribution in [0.25, 0.3) is 0 Å². The number of para-hydroxylation sites is 1. The van der Waals surface area contributed by atoms with Crippen LogP contribution >= 0.6 is 0 Å². The molecule has 85 valence electrons. The molecular formula is C9H10BMoO5. The van der Waals surface area contributed by atoms with Gasteiger partial charge >= 0.3 is 53.5 Å². The minimum absolute atomic E-state index is 0.442. The van der Waals surface area contributed by atoms with E-state index < -0.39 is 13.3 Å². The Morgan fingerprint density at radius 2 is 1.88 bits per heavy atom.